The number of H-pyrrole nitrogens is 1. The van der Waals surface area contributed by atoms with Gasteiger partial charge in [0.1, 0.15) is 35.5 Å². The molecule has 14 heteroatoms. The van der Waals surface area contributed by atoms with Gasteiger partial charge in [0.2, 0.25) is 0 Å². The average molecular weight is 606 g/mol. The number of amides is 1. The van der Waals surface area contributed by atoms with E-state index in [2.05, 4.69) is 20.3 Å². The molecule has 0 aliphatic carbocycles. The molecule has 4 aromatic rings. The van der Waals surface area contributed by atoms with Crippen LogP contribution in [0.4, 0.5) is 27.5 Å². The van der Waals surface area contributed by atoms with Crippen LogP contribution in [0.2, 0.25) is 0 Å². The number of anilines is 1. The summed E-state index contributed by atoms with van der Waals surface area (Å²) in [5.41, 5.74) is -3.41. The Morgan fingerprint density at radius 1 is 1.21 bits per heavy atom. The topological polar surface area (TPSA) is 109 Å². The van der Waals surface area contributed by atoms with Crippen molar-refractivity contribution in [1.29, 1.82) is 0 Å². The van der Waals surface area contributed by atoms with E-state index in [0.29, 0.717) is 13.0 Å². The van der Waals surface area contributed by atoms with Gasteiger partial charge >= 0.3 is 6.09 Å². The maximum atomic E-state index is 16.0. The summed E-state index contributed by atoms with van der Waals surface area (Å²) in [7, 11) is 0. The Labute approximate surface area is 240 Å². The predicted octanol–water partition coefficient (Wildman–Crippen LogP) is 5.92. The van der Waals surface area contributed by atoms with Crippen LogP contribution < -0.4 is 15.6 Å². The Bertz CT molecular complexity index is 1790. The maximum Gasteiger partial charge on any atom is 0.413 e. The molecule has 0 saturated carbocycles. The number of ether oxygens (including phenoxy) is 2. The molecule has 2 saturated heterocycles. The van der Waals surface area contributed by atoms with Crippen molar-refractivity contribution in [3.05, 3.63) is 46.0 Å². The van der Waals surface area contributed by atoms with E-state index in [9.17, 15) is 18.4 Å². The van der Waals surface area contributed by atoms with Crippen LogP contribution >= 0.6 is 11.3 Å². The maximum absolute atomic E-state index is 16.0. The highest BCUT2D eigenvalue weighted by atomic mass is 32.1. The number of hydrogen-bond donors (Lipinski definition) is 2. The molecule has 2 aliphatic heterocycles. The van der Waals surface area contributed by atoms with Gasteiger partial charge in [0.15, 0.2) is 10.9 Å². The van der Waals surface area contributed by atoms with Gasteiger partial charge in [0.05, 0.1) is 26.7 Å². The van der Waals surface area contributed by atoms with E-state index in [0.717, 1.165) is 42.5 Å². The van der Waals surface area contributed by atoms with Gasteiger partial charge in [-0.3, -0.25) is 20.0 Å². The summed E-state index contributed by atoms with van der Waals surface area (Å²) in [6.45, 7) is 6.09. The van der Waals surface area contributed by atoms with Gasteiger partial charge in [-0.25, -0.2) is 27.3 Å². The number of carbonyl (C=O) groups excluding carboxylic acids is 1. The van der Waals surface area contributed by atoms with Crippen molar-refractivity contribution in [3.63, 3.8) is 0 Å². The molecule has 6 rings (SSSR count). The van der Waals surface area contributed by atoms with E-state index < -0.39 is 57.5 Å². The molecule has 2 atom stereocenters. The molecule has 2 aliphatic rings. The molecule has 0 bridgehead atoms. The van der Waals surface area contributed by atoms with E-state index in [1.54, 1.807) is 20.8 Å². The van der Waals surface area contributed by atoms with Crippen molar-refractivity contribution < 1.29 is 31.8 Å². The van der Waals surface area contributed by atoms with Crippen molar-refractivity contribution in [2.24, 2.45) is 0 Å². The minimum Gasteiger partial charge on any atom is -0.463 e. The minimum absolute atomic E-state index is 0.0415. The molecule has 1 amide bonds. The molecule has 4 heterocycles. The number of fused-ring (bicyclic) bond motifs is 3. The zero-order valence-corrected chi connectivity index (χ0v) is 23.8. The summed E-state index contributed by atoms with van der Waals surface area (Å²) in [6, 6.07) is 2.75. The number of nitrogens with one attached hydrogen (secondary N) is 2. The van der Waals surface area contributed by atoms with Crippen molar-refractivity contribution in [2.45, 2.75) is 57.3 Å². The number of alkyl halides is 1. The summed E-state index contributed by atoms with van der Waals surface area (Å²) in [5.74, 6) is -2.98. The van der Waals surface area contributed by atoms with Crippen LogP contribution in [0.5, 0.6) is 6.01 Å². The molecule has 2 aromatic heterocycles. The lowest BCUT2D eigenvalue weighted by Crippen LogP contribution is -2.43. The van der Waals surface area contributed by atoms with Gasteiger partial charge in [-0.15, -0.1) is 0 Å². The lowest BCUT2D eigenvalue weighted by molar-refractivity contribution is 0.0636. The summed E-state index contributed by atoms with van der Waals surface area (Å²) in [6.07, 6.45) is 0.0647. The smallest absolute Gasteiger partial charge is 0.413 e. The van der Waals surface area contributed by atoms with Crippen molar-refractivity contribution >= 4 is 43.7 Å². The third-order valence-corrected chi connectivity index (χ3v) is 8.46. The Kier molecular flexibility index (Phi) is 6.88. The van der Waals surface area contributed by atoms with Crippen LogP contribution in [0.3, 0.4) is 0 Å². The first-order valence-electron chi connectivity index (χ1n) is 13.4. The van der Waals surface area contributed by atoms with Gasteiger partial charge in [-0.1, -0.05) is 11.3 Å². The molecule has 222 valence electrons. The Morgan fingerprint density at radius 2 is 2.00 bits per heavy atom. The van der Waals surface area contributed by atoms with Gasteiger partial charge in [0, 0.05) is 18.5 Å². The number of halogens is 4. The quantitative estimate of drug-likeness (QED) is 0.272. The molecule has 0 radical (unpaired) electrons. The fraction of sp³-hybridized carbons (Fsp3) is 0.429. The second-order valence-corrected chi connectivity index (χ2v) is 12.6. The fourth-order valence-electron chi connectivity index (χ4n) is 5.77. The standard InChI is InChI=1S/C28H27F4N5O4S/c1-27(2,3)41-26(39)36-25-34-21-14(5-6-16(30)22(21)42-25)18-17(31)9-15-20(19(18)32)33-24(35-23(15)38)40-12-28-7-4-8-37(28)11-13(29)10-28/h5-6,9,13H,4,7-8,10-12H2,1-3H3,(H,33,35,38)(H,34,36,39)/t13-,28+/m1/s1. The normalized spacial score (nSPS) is 20.8. The van der Waals surface area contributed by atoms with Gasteiger partial charge in [-0.2, -0.15) is 4.98 Å². The van der Waals surface area contributed by atoms with Crippen molar-refractivity contribution in [3.8, 4) is 17.1 Å². The van der Waals surface area contributed by atoms with Gasteiger partial charge in [-0.05, 0) is 58.4 Å². The molecule has 2 fully saturated rings. The van der Waals surface area contributed by atoms with E-state index in [1.165, 1.54) is 0 Å². The zero-order valence-electron chi connectivity index (χ0n) is 22.9. The number of benzene rings is 2. The number of thiazole rings is 1. The highest BCUT2D eigenvalue weighted by molar-refractivity contribution is 7.22. The highest BCUT2D eigenvalue weighted by Gasteiger charge is 2.49. The van der Waals surface area contributed by atoms with Crippen LogP contribution in [0.25, 0.3) is 32.2 Å². The monoisotopic (exact) mass is 605 g/mol. The van der Waals surface area contributed by atoms with Crippen LogP contribution in [0.1, 0.15) is 40.0 Å². The number of nitrogens with zero attached hydrogens (tertiary/aromatic N) is 3. The second-order valence-electron chi connectivity index (χ2n) is 11.6. The Morgan fingerprint density at radius 3 is 2.76 bits per heavy atom. The summed E-state index contributed by atoms with van der Waals surface area (Å²) in [5, 5.41) is 2.02. The first kappa shape index (κ1) is 28.3. The number of carbonyl (C=O) groups is 1. The third-order valence-electron chi connectivity index (χ3n) is 7.48. The molecule has 9 nitrogen and oxygen atoms in total. The number of hydrogen-bond acceptors (Lipinski definition) is 8. The van der Waals surface area contributed by atoms with E-state index >= 15 is 8.78 Å². The van der Waals surface area contributed by atoms with Crippen LogP contribution in [-0.4, -0.2) is 63.0 Å². The molecule has 2 N–H and O–H groups in total. The Hall–Kier alpha value is -3.78. The highest BCUT2D eigenvalue weighted by Crippen LogP contribution is 2.41. The first-order chi connectivity index (χ1) is 19.8. The summed E-state index contributed by atoms with van der Waals surface area (Å²) in [4.78, 5) is 37.8. The predicted molar refractivity (Wildman–Crippen MR) is 149 cm³/mol. The van der Waals surface area contributed by atoms with Crippen LogP contribution in [0, 0.1) is 17.5 Å². The molecule has 2 aromatic carbocycles. The first-order valence-corrected chi connectivity index (χ1v) is 14.2. The lowest BCUT2D eigenvalue weighted by atomic mass is 9.95. The molecular weight excluding hydrogens is 578 g/mol. The van der Waals surface area contributed by atoms with Gasteiger partial charge < -0.3 is 9.47 Å². The number of aromatic amines is 1. The largest absolute Gasteiger partial charge is 0.463 e. The number of aromatic nitrogens is 3. The van der Waals surface area contributed by atoms with Gasteiger partial charge in [0.25, 0.3) is 11.6 Å². The number of rotatable bonds is 5. The Balaban J connectivity index is 1.38. The lowest BCUT2D eigenvalue weighted by Gasteiger charge is -2.30. The van der Waals surface area contributed by atoms with Crippen molar-refractivity contribution in [2.75, 3.05) is 25.0 Å². The molecule has 42 heavy (non-hydrogen) atoms. The molecule has 0 spiro atoms. The van der Waals surface area contributed by atoms with E-state index in [-0.39, 0.29) is 45.3 Å². The second kappa shape index (κ2) is 10.2. The summed E-state index contributed by atoms with van der Waals surface area (Å²) < 4.78 is 71.2. The SMILES string of the molecule is CC(C)(C)OC(=O)Nc1nc2c(-c3c(F)cc4c(=O)[nH]c(OC[C@@]56CCCN5C[C@H](F)C6)nc4c3F)ccc(F)c2s1. The van der Waals surface area contributed by atoms with Crippen LogP contribution in [-0.2, 0) is 4.74 Å². The zero-order chi connectivity index (χ0) is 30.0. The van der Waals surface area contributed by atoms with E-state index in [4.69, 9.17) is 9.47 Å². The van der Waals surface area contributed by atoms with Crippen LogP contribution in [0.15, 0.2) is 23.0 Å². The third kappa shape index (κ3) is 5.06. The van der Waals surface area contributed by atoms with Crippen molar-refractivity contribution in [1.82, 2.24) is 19.9 Å². The molecular formula is C28H27F4N5O4S. The minimum atomic E-state index is -1.17. The fourth-order valence-corrected chi connectivity index (χ4v) is 6.66. The molecule has 0 unspecified atom stereocenters. The average Bonchev–Trinajstić information content (AvgIpc) is 3.56. The van der Waals surface area contributed by atoms with E-state index in [1.807, 2.05) is 4.90 Å². The summed E-state index contributed by atoms with van der Waals surface area (Å²) >= 11 is 0.769.